The van der Waals surface area contributed by atoms with Gasteiger partial charge in [-0.25, -0.2) is 0 Å². The molecule has 1 atom stereocenters. The molecule has 0 saturated carbocycles. The molecule has 0 spiro atoms. The number of phenols is 1. The predicted molar refractivity (Wildman–Crippen MR) is 106 cm³/mol. The average Bonchev–Trinajstić information content (AvgIpc) is 3.21. The zero-order chi connectivity index (χ0) is 18.9. The number of hydrogen-bond acceptors (Lipinski definition) is 5. The molecular weight excluding hydrogens is 352 g/mol. The molecule has 28 heavy (non-hydrogen) atoms. The van der Waals surface area contributed by atoms with E-state index in [1.54, 1.807) is 12.4 Å². The number of phenolic OH excluding ortho intramolecular Hbond substituents is 1. The van der Waals surface area contributed by atoms with E-state index in [4.69, 9.17) is 9.47 Å². The Hall–Kier alpha value is -3.60. The van der Waals surface area contributed by atoms with Crippen LogP contribution in [0.3, 0.4) is 0 Å². The van der Waals surface area contributed by atoms with Gasteiger partial charge in [-0.15, -0.1) is 0 Å². The van der Waals surface area contributed by atoms with E-state index in [0.29, 0.717) is 11.9 Å². The Balaban J connectivity index is 1.65. The molecule has 3 heterocycles. The van der Waals surface area contributed by atoms with Crippen LogP contribution in [0.5, 0.6) is 17.2 Å². The quantitative estimate of drug-likeness (QED) is 0.575. The summed E-state index contributed by atoms with van der Waals surface area (Å²) in [5, 5.41) is 11.9. The smallest absolute Gasteiger partial charge is 0.231 e. The number of rotatable bonds is 4. The molecule has 5 heteroatoms. The average molecular weight is 370 g/mol. The van der Waals surface area contributed by atoms with Gasteiger partial charge in [0.2, 0.25) is 6.79 Å². The van der Waals surface area contributed by atoms with Gasteiger partial charge in [0.15, 0.2) is 11.5 Å². The van der Waals surface area contributed by atoms with E-state index in [0.717, 1.165) is 33.7 Å². The van der Waals surface area contributed by atoms with Gasteiger partial charge in [-0.1, -0.05) is 30.3 Å². The molecule has 1 N–H and O–H groups in total. The topological polar surface area (TPSA) is 64.5 Å². The van der Waals surface area contributed by atoms with Gasteiger partial charge in [0.05, 0.1) is 0 Å². The lowest BCUT2D eigenvalue weighted by atomic mass is 9.86. The van der Waals surface area contributed by atoms with Crippen molar-refractivity contribution in [3.8, 4) is 17.2 Å². The van der Waals surface area contributed by atoms with Crippen molar-refractivity contribution in [2.45, 2.75) is 12.3 Å². The van der Waals surface area contributed by atoms with Gasteiger partial charge >= 0.3 is 0 Å². The molecule has 0 fully saturated rings. The van der Waals surface area contributed by atoms with Crippen molar-refractivity contribution in [3.63, 3.8) is 0 Å². The summed E-state index contributed by atoms with van der Waals surface area (Å²) in [6, 6.07) is 19.6. The first-order valence-electron chi connectivity index (χ1n) is 9.15. The van der Waals surface area contributed by atoms with E-state index in [1.165, 1.54) is 0 Å². The highest BCUT2D eigenvalue weighted by atomic mass is 16.7. The Morgan fingerprint density at radius 1 is 0.893 bits per heavy atom. The summed E-state index contributed by atoms with van der Waals surface area (Å²) in [6.07, 6.45) is 4.13. The third kappa shape index (κ3) is 2.91. The number of benzene rings is 2. The molecule has 5 rings (SSSR count). The Kier molecular flexibility index (Phi) is 4.05. The Morgan fingerprint density at radius 3 is 2.68 bits per heavy atom. The zero-order valence-electron chi connectivity index (χ0n) is 15.1. The predicted octanol–water partition coefficient (Wildman–Crippen LogP) is 4.44. The molecule has 0 bridgehead atoms. The molecule has 0 radical (unpaired) electrons. The minimum atomic E-state index is -0.101. The first-order valence-corrected chi connectivity index (χ1v) is 9.15. The molecule has 1 aliphatic rings. The highest BCUT2D eigenvalue weighted by molar-refractivity contribution is 5.85. The summed E-state index contributed by atoms with van der Waals surface area (Å²) < 4.78 is 11.0. The van der Waals surface area contributed by atoms with Crippen molar-refractivity contribution in [1.82, 2.24) is 9.97 Å². The molecule has 0 amide bonds. The second-order valence-corrected chi connectivity index (χ2v) is 6.77. The van der Waals surface area contributed by atoms with Crippen molar-refractivity contribution >= 4 is 10.9 Å². The lowest BCUT2D eigenvalue weighted by Gasteiger charge is -2.20. The zero-order valence-corrected chi connectivity index (χ0v) is 15.1. The van der Waals surface area contributed by atoms with Gasteiger partial charge < -0.3 is 14.6 Å². The molecular formula is C23H18N2O3. The van der Waals surface area contributed by atoms with Gasteiger partial charge in [-0.05, 0) is 35.9 Å². The Labute approximate surface area is 162 Å². The Bertz CT molecular complexity index is 1150. The first-order chi connectivity index (χ1) is 13.8. The minimum Gasteiger partial charge on any atom is -0.505 e. The van der Waals surface area contributed by atoms with Crippen LogP contribution in [0.25, 0.3) is 10.9 Å². The fraction of sp³-hybridized carbons (Fsp3) is 0.130. The minimum absolute atomic E-state index is 0.101. The molecule has 2 aromatic carbocycles. The largest absolute Gasteiger partial charge is 0.505 e. The molecule has 1 unspecified atom stereocenters. The van der Waals surface area contributed by atoms with Crippen LogP contribution in [-0.4, -0.2) is 21.9 Å². The maximum Gasteiger partial charge on any atom is 0.231 e. The normalized spacial score (nSPS) is 13.6. The third-order valence-electron chi connectivity index (χ3n) is 5.09. The second kappa shape index (κ2) is 6.85. The summed E-state index contributed by atoms with van der Waals surface area (Å²) in [5.74, 6) is 1.57. The number of fused-ring (bicyclic) bond motifs is 2. The molecule has 138 valence electrons. The van der Waals surface area contributed by atoms with Crippen LogP contribution >= 0.6 is 0 Å². The lowest BCUT2D eigenvalue weighted by Crippen LogP contribution is -2.07. The number of nitrogens with zero attached hydrogens (tertiary/aromatic N) is 2. The molecule has 5 nitrogen and oxygen atoms in total. The number of hydrogen-bond donors (Lipinski definition) is 1. The third-order valence-corrected chi connectivity index (χ3v) is 5.09. The standard InChI is InChI=1S/C23H18N2O3/c26-23-18(8-6-15-4-3-11-25-22(15)23)19(13-17-5-1-2-10-24-17)16-7-9-20-21(12-16)28-14-27-20/h1-12,19,26H,13-14H2. The SMILES string of the molecule is Oc1c(C(Cc2ccccn2)c2ccc3c(c2)OCO3)ccc2cccnc12. The lowest BCUT2D eigenvalue weighted by molar-refractivity contribution is 0.174. The monoisotopic (exact) mass is 370 g/mol. The summed E-state index contributed by atoms with van der Waals surface area (Å²) in [7, 11) is 0. The van der Waals surface area contributed by atoms with Gasteiger partial charge in [0, 0.05) is 41.4 Å². The number of pyridine rings is 2. The molecule has 1 aliphatic heterocycles. The molecule has 0 aliphatic carbocycles. The van der Waals surface area contributed by atoms with Gasteiger partial charge in [0.1, 0.15) is 11.3 Å². The summed E-state index contributed by atoms with van der Waals surface area (Å²) in [4.78, 5) is 8.85. The van der Waals surface area contributed by atoms with E-state index in [-0.39, 0.29) is 18.5 Å². The van der Waals surface area contributed by atoms with Crippen molar-refractivity contribution in [3.05, 3.63) is 89.9 Å². The van der Waals surface area contributed by atoms with Crippen molar-refractivity contribution in [2.75, 3.05) is 6.79 Å². The summed E-state index contributed by atoms with van der Waals surface area (Å²) >= 11 is 0. The summed E-state index contributed by atoms with van der Waals surface area (Å²) in [6.45, 7) is 0.231. The van der Waals surface area contributed by atoms with Crippen LogP contribution in [0.4, 0.5) is 0 Å². The van der Waals surface area contributed by atoms with Crippen molar-refractivity contribution in [1.29, 1.82) is 0 Å². The van der Waals surface area contributed by atoms with E-state index in [9.17, 15) is 5.11 Å². The van der Waals surface area contributed by atoms with Crippen LogP contribution in [0.2, 0.25) is 0 Å². The highest BCUT2D eigenvalue weighted by Crippen LogP contribution is 2.41. The van der Waals surface area contributed by atoms with E-state index in [2.05, 4.69) is 9.97 Å². The van der Waals surface area contributed by atoms with Crippen molar-refractivity contribution < 1.29 is 14.6 Å². The van der Waals surface area contributed by atoms with E-state index < -0.39 is 0 Å². The highest BCUT2D eigenvalue weighted by Gasteiger charge is 2.23. The molecule has 4 aromatic rings. The van der Waals surface area contributed by atoms with Crippen LogP contribution in [0.1, 0.15) is 22.7 Å². The first kappa shape index (κ1) is 16.6. The second-order valence-electron chi connectivity index (χ2n) is 6.77. The van der Waals surface area contributed by atoms with Crippen LogP contribution in [0.15, 0.2) is 73.1 Å². The summed E-state index contributed by atoms with van der Waals surface area (Å²) in [5.41, 5.74) is 3.40. The van der Waals surface area contributed by atoms with E-state index >= 15 is 0 Å². The van der Waals surface area contributed by atoms with Gasteiger partial charge in [-0.2, -0.15) is 0 Å². The number of aromatic nitrogens is 2. The van der Waals surface area contributed by atoms with Crippen LogP contribution < -0.4 is 9.47 Å². The Morgan fingerprint density at radius 2 is 1.79 bits per heavy atom. The number of ether oxygens (including phenoxy) is 2. The van der Waals surface area contributed by atoms with Crippen molar-refractivity contribution in [2.24, 2.45) is 0 Å². The molecule has 0 saturated heterocycles. The maximum absolute atomic E-state index is 11.0. The fourth-order valence-electron chi connectivity index (χ4n) is 3.69. The van der Waals surface area contributed by atoms with Gasteiger partial charge in [-0.3, -0.25) is 9.97 Å². The van der Waals surface area contributed by atoms with Gasteiger partial charge in [0.25, 0.3) is 0 Å². The van der Waals surface area contributed by atoms with Crippen LogP contribution in [0, 0.1) is 0 Å². The fourth-order valence-corrected chi connectivity index (χ4v) is 3.69. The van der Waals surface area contributed by atoms with Crippen LogP contribution in [-0.2, 0) is 6.42 Å². The van der Waals surface area contributed by atoms with E-state index in [1.807, 2.05) is 60.7 Å². The molecule has 2 aromatic heterocycles. The maximum atomic E-state index is 11.0. The number of aromatic hydroxyl groups is 1.